The van der Waals surface area contributed by atoms with E-state index in [2.05, 4.69) is 11.4 Å². The minimum absolute atomic E-state index is 0.178. The van der Waals surface area contributed by atoms with Gasteiger partial charge in [0.25, 0.3) is 5.70 Å². The van der Waals surface area contributed by atoms with E-state index in [-0.39, 0.29) is 12.3 Å². The molecule has 76 valence electrons. The molecule has 0 aliphatic rings. The fourth-order valence-electron chi connectivity index (χ4n) is 1.04. The number of rotatable bonds is 4. The van der Waals surface area contributed by atoms with Gasteiger partial charge in [0.05, 0.1) is 13.2 Å². The monoisotopic (exact) mass is 201 g/mol. The van der Waals surface area contributed by atoms with E-state index in [1.165, 1.54) is 0 Å². The first-order valence-electron chi connectivity index (χ1n) is 4.51. The summed E-state index contributed by atoms with van der Waals surface area (Å²) in [5.41, 5.74) is 0.918. The second-order valence-corrected chi connectivity index (χ2v) is 2.93. The van der Waals surface area contributed by atoms with Gasteiger partial charge in [-0.1, -0.05) is 36.9 Å². The van der Waals surface area contributed by atoms with E-state index in [0.29, 0.717) is 6.42 Å². The van der Waals surface area contributed by atoms with Crippen LogP contribution in [0.2, 0.25) is 0 Å². The van der Waals surface area contributed by atoms with Gasteiger partial charge in [-0.25, -0.2) is 4.85 Å². The van der Waals surface area contributed by atoms with Gasteiger partial charge < -0.3 is 4.74 Å². The van der Waals surface area contributed by atoms with Crippen molar-refractivity contribution in [2.24, 2.45) is 0 Å². The fraction of sp³-hybridized carbons (Fsp3) is 0.167. The number of carbonyl (C=O) groups excluding carboxylic acids is 1. The molecular formula is C12H11NO2. The molecule has 3 heteroatoms. The van der Waals surface area contributed by atoms with Gasteiger partial charge in [0.15, 0.2) is 0 Å². The zero-order valence-electron chi connectivity index (χ0n) is 8.27. The highest BCUT2D eigenvalue weighted by Gasteiger charge is 2.07. The van der Waals surface area contributed by atoms with Crippen LogP contribution in [0.3, 0.4) is 0 Å². The van der Waals surface area contributed by atoms with Gasteiger partial charge in [0.2, 0.25) is 0 Å². The highest BCUT2D eigenvalue weighted by Crippen LogP contribution is 2.01. The molecule has 1 aromatic carbocycles. The third-order valence-electron chi connectivity index (χ3n) is 1.84. The maximum atomic E-state index is 11.0. The average molecular weight is 201 g/mol. The summed E-state index contributed by atoms with van der Waals surface area (Å²) in [6.45, 7) is 10.1. The van der Waals surface area contributed by atoms with Crippen LogP contribution in [0, 0.1) is 6.57 Å². The number of hydrogen-bond donors (Lipinski definition) is 0. The topological polar surface area (TPSA) is 30.7 Å². The molecule has 0 fully saturated rings. The van der Waals surface area contributed by atoms with Crippen LogP contribution in [-0.4, -0.2) is 12.6 Å². The van der Waals surface area contributed by atoms with Crippen LogP contribution >= 0.6 is 0 Å². The van der Waals surface area contributed by atoms with E-state index in [1.54, 1.807) is 0 Å². The van der Waals surface area contributed by atoms with E-state index in [1.807, 2.05) is 30.3 Å². The zero-order chi connectivity index (χ0) is 11.1. The van der Waals surface area contributed by atoms with Crippen LogP contribution in [0.4, 0.5) is 0 Å². The van der Waals surface area contributed by atoms with Gasteiger partial charge in [0, 0.05) is 6.42 Å². The predicted octanol–water partition coefficient (Wildman–Crippen LogP) is 2.21. The van der Waals surface area contributed by atoms with Gasteiger partial charge in [-0.05, 0) is 5.56 Å². The lowest BCUT2D eigenvalue weighted by atomic mass is 10.2. The Morgan fingerprint density at radius 1 is 1.40 bits per heavy atom. The predicted molar refractivity (Wildman–Crippen MR) is 56.8 cm³/mol. The van der Waals surface area contributed by atoms with E-state index in [4.69, 9.17) is 11.3 Å². The molecule has 0 bridgehead atoms. The zero-order valence-corrected chi connectivity index (χ0v) is 8.27. The Morgan fingerprint density at radius 2 is 2.07 bits per heavy atom. The molecular weight excluding hydrogens is 190 g/mol. The smallest absolute Gasteiger partial charge is 0.335 e. The molecule has 0 aliphatic heterocycles. The molecule has 0 aliphatic carbocycles. The number of carbonyl (C=O) groups is 1. The first kappa shape index (κ1) is 11.0. The summed E-state index contributed by atoms with van der Waals surface area (Å²) >= 11 is 0. The quantitative estimate of drug-likeness (QED) is 0.425. The number of nitrogens with zero attached hydrogens (tertiary/aromatic N) is 1. The largest absolute Gasteiger partial charge is 0.470 e. The Labute approximate surface area is 88.8 Å². The van der Waals surface area contributed by atoms with Gasteiger partial charge in [0.1, 0.15) is 0 Å². The van der Waals surface area contributed by atoms with Crippen molar-refractivity contribution in [1.82, 2.24) is 0 Å². The Bertz CT molecular complexity index is 390. The summed E-state index contributed by atoms with van der Waals surface area (Å²) < 4.78 is 4.85. The summed E-state index contributed by atoms with van der Waals surface area (Å²) in [6.07, 6.45) is 0.651. The Balaban J connectivity index is 2.32. The van der Waals surface area contributed by atoms with E-state index < -0.39 is 5.97 Å². The lowest BCUT2D eigenvalue weighted by Crippen LogP contribution is -2.07. The molecule has 0 spiro atoms. The maximum Gasteiger partial charge on any atom is 0.335 e. The first-order valence-corrected chi connectivity index (χ1v) is 4.51. The average Bonchev–Trinajstić information content (AvgIpc) is 2.29. The van der Waals surface area contributed by atoms with Crippen molar-refractivity contribution in [3.05, 3.63) is 59.6 Å². The van der Waals surface area contributed by atoms with E-state index >= 15 is 0 Å². The molecule has 0 amide bonds. The van der Waals surface area contributed by atoms with E-state index in [0.717, 1.165) is 5.56 Å². The third kappa shape index (κ3) is 3.65. The lowest BCUT2D eigenvalue weighted by molar-refractivity contribution is -0.138. The molecule has 0 radical (unpaired) electrons. The molecule has 3 nitrogen and oxygen atoms in total. The number of hydrogen-bond acceptors (Lipinski definition) is 2. The summed E-state index contributed by atoms with van der Waals surface area (Å²) in [6, 6.07) is 9.69. The summed E-state index contributed by atoms with van der Waals surface area (Å²) in [5, 5.41) is 0. The molecule has 0 N–H and O–H groups in total. The van der Waals surface area contributed by atoms with Crippen LogP contribution in [-0.2, 0) is 16.0 Å². The molecule has 0 atom stereocenters. The standard InChI is InChI=1S/C12H11NO2/c1-10(13-2)12(14)15-9-8-11-6-4-3-5-7-11/h3-7H,1,8-9H2. The Hall–Kier alpha value is -2.08. The van der Waals surface area contributed by atoms with Gasteiger partial charge in [-0.15, -0.1) is 0 Å². The second kappa shape index (κ2) is 5.61. The summed E-state index contributed by atoms with van der Waals surface area (Å²) in [5.74, 6) is -0.638. The van der Waals surface area contributed by atoms with Gasteiger partial charge in [-0.3, -0.25) is 4.79 Å². The molecule has 1 rings (SSSR count). The van der Waals surface area contributed by atoms with Crippen LogP contribution in [0.1, 0.15) is 5.56 Å². The highest BCUT2D eigenvalue weighted by atomic mass is 16.5. The second-order valence-electron chi connectivity index (χ2n) is 2.93. The molecule has 0 unspecified atom stereocenters. The number of esters is 1. The Kier molecular flexibility index (Phi) is 4.11. The molecule has 0 saturated carbocycles. The Morgan fingerprint density at radius 3 is 2.67 bits per heavy atom. The van der Waals surface area contributed by atoms with Crippen molar-refractivity contribution in [2.45, 2.75) is 6.42 Å². The molecule has 0 heterocycles. The van der Waals surface area contributed by atoms with Crippen LogP contribution < -0.4 is 0 Å². The maximum absolute atomic E-state index is 11.0. The number of benzene rings is 1. The van der Waals surface area contributed by atoms with Crippen LogP contribution in [0.15, 0.2) is 42.6 Å². The first-order chi connectivity index (χ1) is 7.24. The normalized spacial score (nSPS) is 9.00. The van der Waals surface area contributed by atoms with Gasteiger partial charge >= 0.3 is 5.97 Å². The van der Waals surface area contributed by atoms with Gasteiger partial charge in [-0.2, -0.15) is 0 Å². The van der Waals surface area contributed by atoms with Crippen molar-refractivity contribution in [3.63, 3.8) is 0 Å². The molecule has 0 saturated heterocycles. The van der Waals surface area contributed by atoms with Crippen molar-refractivity contribution in [3.8, 4) is 0 Å². The highest BCUT2D eigenvalue weighted by molar-refractivity contribution is 5.89. The fourth-order valence-corrected chi connectivity index (χ4v) is 1.04. The summed E-state index contributed by atoms with van der Waals surface area (Å²) in [4.78, 5) is 13.9. The van der Waals surface area contributed by atoms with Crippen LogP contribution in [0.25, 0.3) is 4.85 Å². The van der Waals surface area contributed by atoms with Crippen molar-refractivity contribution in [2.75, 3.05) is 6.61 Å². The SMILES string of the molecule is [C-]#[N+]C(=C)C(=O)OCCc1ccccc1. The summed E-state index contributed by atoms with van der Waals surface area (Å²) in [7, 11) is 0. The van der Waals surface area contributed by atoms with E-state index in [9.17, 15) is 4.79 Å². The molecule has 1 aromatic rings. The van der Waals surface area contributed by atoms with Crippen LogP contribution in [0.5, 0.6) is 0 Å². The third-order valence-corrected chi connectivity index (χ3v) is 1.84. The minimum atomic E-state index is -0.638. The number of ether oxygens (including phenoxy) is 1. The van der Waals surface area contributed by atoms with Crippen molar-refractivity contribution >= 4 is 5.97 Å². The molecule has 0 aromatic heterocycles. The molecule has 15 heavy (non-hydrogen) atoms. The van der Waals surface area contributed by atoms with Crippen molar-refractivity contribution in [1.29, 1.82) is 0 Å². The lowest BCUT2D eigenvalue weighted by Gasteiger charge is -2.03. The minimum Gasteiger partial charge on any atom is -0.470 e. The van der Waals surface area contributed by atoms with Crippen molar-refractivity contribution < 1.29 is 9.53 Å².